The number of rotatable bonds is 12. The summed E-state index contributed by atoms with van der Waals surface area (Å²) in [6.45, 7) is 16.7. The molecule has 0 fully saturated rings. The molecule has 23 heavy (non-hydrogen) atoms. The fraction of sp³-hybridized carbons (Fsp3) is 1.00. The van der Waals surface area contributed by atoms with Crippen LogP contribution in [0.1, 0.15) is 119 Å². The first-order valence-electron chi connectivity index (χ1n) is 10.7. The second-order valence-corrected chi connectivity index (χ2v) is 6.57. The van der Waals surface area contributed by atoms with Crippen molar-refractivity contribution in [2.75, 3.05) is 0 Å². The minimum Gasteiger partial charge on any atom is -0.0770 e. The SMILES string of the molecule is CCB(CC)CC.CCCCC.CCCCCCCCCC.[Li+]. The van der Waals surface area contributed by atoms with Crippen molar-refractivity contribution in [1.82, 2.24) is 0 Å². The van der Waals surface area contributed by atoms with E-state index in [1.165, 1.54) is 89.6 Å². The number of unbranched alkanes of at least 4 members (excludes halogenated alkanes) is 9. The molecule has 0 nitrogen and oxygen atoms in total. The summed E-state index contributed by atoms with van der Waals surface area (Å²) in [5.41, 5.74) is 0. The summed E-state index contributed by atoms with van der Waals surface area (Å²) >= 11 is 0. The maximum absolute atomic E-state index is 2.27. The smallest absolute Gasteiger partial charge is 0.0770 e. The Bertz CT molecular complexity index is 131. The summed E-state index contributed by atoms with van der Waals surface area (Å²) in [6.07, 6.45) is 19.6. The Morgan fingerprint density at radius 3 is 0.783 bits per heavy atom. The molecule has 0 aliphatic rings. The zero-order valence-electron chi connectivity index (χ0n) is 18.5. The Hall–Kier alpha value is 0.662. The van der Waals surface area contributed by atoms with E-state index in [0.717, 1.165) is 6.71 Å². The van der Waals surface area contributed by atoms with Gasteiger partial charge >= 0.3 is 18.9 Å². The Morgan fingerprint density at radius 2 is 0.652 bits per heavy atom. The first-order valence-corrected chi connectivity index (χ1v) is 10.7. The molecule has 0 aliphatic carbocycles. The fourth-order valence-electron chi connectivity index (χ4n) is 2.43. The molecule has 0 radical (unpaired) electrons. The van der Waals surface area contributed by atoms with Crippen molar-refractivity contribution in [3.05, 3.63) is 0 Å². The van der Waals surface area contributed by atoms with Gasteiger partial charge in [-0.15, -0.1) is 0 Å². The quantitative estimate of drug-likeness (QED) is 0.311. The van der Waals surface area contributed by atoms with Crippen molar-refractivity contribution >= 4 is 6.71 Å². The first-order chi connectivity index (χ1) is 10.7. The predicted molar refractivity (Wildman–Crippen MR) is 111 cm³/mol. The van der Waals surface area contributed by atoms with E-state index in [0.29, 0.717) is 0 Å². The monoisotopic (exact) mass is 319 g/mol. The van der Waals surface area contributed by atoms with Gasteiger partial charge in [0, 0.05) is 0 Å². The Kier molecular flexibility index (Phi) is 46.6. The van der Waals surface area contributed by atoms with Gasteiger partial charge in [-0.2, -0.15) is 0 Å². The van der Waals surface area contributed by atoms with E-state index in [2.05, 4.69) is 48.5 Å². The normalized spacial score (nSPS) is 9.00. The third kappa shape index (κ3) is 39.4. The maximum Gasteiger partial charge on any atom is 1.00 e. The van der Waals surface area contributed by atoms with Crippen LogP contribution in [0, 0.1) is 0 Å². The third-order valence-electron chi connectivity index (χ3n) is 4.40. The molecular formula is C21H49BLi+. The van der Waals surface area contributed by atoms with E-state index < -0.39 is 0 Å². The second kappa shape index (κ2) is 34.1. The summed E-state index contributed by atoms with van der Waals surface area (Å²) < 4.78 is 0. The minimum atomic E-state index is 0. The van der Waals surface area contributed by atoms with Crippen LogP contribution in [-0.2, 0) is 0 Å². The molecule has 0 aromatic carbocycles. The van der Waals surface area contributed by atoms with Gasteiger partial charge in [-0.3, -0.25) is 0 Å². The molecule has 0 bridgehead atoms. The molecule has 0 aliphatic heterocycles. The first kappa shape index (κ1) is 31.4. The van der Waals surface area contributed by atoms with Gasteiger partial charge < -0.3 is 0 Å². The van der Waals surface area contributed by atoms with Gasteiger partial charge in [0.15, 0.2) is 0 Å². The van der Waals surface area contributed by atoms with Crippen molar-refractivity contribution in [2.24, 2.45) is 0 Å². The molecule has 136 valence electrons. The summed E-state index contributed by atoms with van der Waals surface area (Å²) in [7, 11) is 0. The average Bonchev–Trinajstić information content (AvgIpc) is 2.54. The van der Waals surface area contributed by atoms with Gasteiger partial charge in [-0.1, -0.05) is 138 Å². The van der Waals surface area contributed by atoms with Gasteiger partial charge in [0.05, 0.1) is 0 Å². The molecular weight excluding hydrogens is 270 g/mol. The summed E-state index contributed by atoms with van der Waals surface area (Å²) in [6, 6.07) is 0. The topological polar surface area (TPSA) is 0 Å². The van der Waals surface area contributed by atoms with E-state index in [1.807, 2.05) is 0 Å². The van der Waals surface area contributed by atoms with Crippen LogP contribution in [-0.4, -0.2) is 6.71 Å². The van der Waals surface area contributed by atoms with Gasteiger partial charge in [-0.05, 0) is 0 Å². The molecule has 0 aromatic rings. The zero-order chi connectivity index (χ0) is 17.5. The Balaban J connectivity index is -0.000000123. The number of hydrogen-bond acceptors (Lipinski definition) is 0. The van der Waals surface area contributed by atoms with Crippen LogP contribution in [0.2, 0.25) is 19.0 Å². The standard InChI is InChI=1S/C10H22.C6H15B.C5H12.Li/c1-3-5-7-9-10-8-6-4-2;1-4-7(5-2)6-3;1-3-5-4-2;/h3-10H2,1-2H3;4-6H2,1-3H3;3-5H2,1-2H3;/q;;;+1. The van der Waals surface area contributed by atoms with Crippen molar-refractivity contribution in [3.63, 3.8) is 0 Å². The van der Waals surface area contributed by atoms with Gasteiger partial charge in [0.25, 0.3) is 0 Å². The van der Waals surface area contributed by atoms with Gasteiger partial charge in [0.1, 0.15) is 6.71 Å². The Labute approximate surface area is 163 Å². The van der Waals surface area contributed by atoms with Crippen LogP contribution in [0.3, 0.4) is 0 Å². The predicted octanol–water partition coefficient (Wildman–Crippen LogP) is 5.89. The summed E-state index contributed by atoms with van der Waals surface area (Å²) in [4.78, 5) is 0. The molecule has 0 rings (SSSR count). The molecule has 0 saturated carbocycles. The minimum absolute atomic E-state index is 0. The van der Waals surface area contributed by atoms with Crippen molar-refractivity contribution in [1.29, 1.82) is 0 Å². The maximum atomic E-state index is 2.27. The molecule has 0 unspecified atom stereocenters. The molecule has 0 spiro atoms. The third-order valence-corrected chi connectivity index (χ3v) is 4.40. The van der Waals surface area contributed by atoms with Gasteiger partial charge in [0.2, 0.25) is 0 Å². The molecule has 0 aromatic heterocycles. The van der Waals surface area contributed by atoms with Crippen LogP contribution in [0.5, 0.6) is 0 Å². The Morgan fingerprint density at radius 1 is 0.391 bits per heavy atom. The van der Waals surface area contributed by atoms with Crippen LogP contribution in [0.25, 0.3) is 0 Å². The van der Waals surface area contributed by atoms with E-state index in [1.54, 1.807) is 0 Å². The molecule has 0 amide bonds. The number of hydrogen-bond donors (Lipinski definition) is 0. The molecule has 2 heteroatoms. The molecule has 0 saturated heterocycles. The van der Waals surface area contributed by atoms with Gasteiger partial charge in [-0.25, -0.2) is 0 Å². The van der Waals surface area contributed by atoms with Crippen molar-refractivity contribution in [3.8, 4) is 0 Å². The van der Waals surface area contributed by atoms with Crippen LogP contribution in [0.4, 0.5) is 0 Å². The molecule has 0 heterocycles. The zero-order valence-corrected chi connectivity index (χ0v) is 18.5. The summed E-state index contributed by atoms with van der Waals surface area (Å²) in [5.74, 6) is 0. The van der Waals surface area contributed by atoms with Crippen LogP contribution in [0.15, 0.2) is 0 Å². The fourth-order valence-corrected chi connectivity index (χ4v) is 2.43. The average molecular weight is 319 g/mol. The van der Waals surface area contributed by atoms with Crippen molar-refractivity contribution < 1.29 is 18.9 Å². The van der Waals surface area contributed by atoms with Crippen molar-refractivity contribution in [2.45, 2.75) is 138 Å². The van der Waals surface area contributed by atoms with E-state index in [4.69, 9.17) is 0 Å². The van der Waals surface area contributed by atoms with E-state index >= 15 is 0 Å². The van der Waals surface area contributed by atoms with Crippen LogP contribution < -0.4 is 18.9 Å². The largest absolute Gasteiger partial charge is 1.00 e. The van der Waals surface area contributed by atoms with E-state index in [-0.39, 0.29) is 18.9 Å². The molecule has 0 N–H and O–H groups in total. The second-order valence-electron chi connectivity index (χ2n) is 6.57. The summed E-state index contributed by atoms with van der Waals surface area (Å²) in [5, 5.41) is 0. The van der Waals surface area contributed by atoms with Crippen LogP contribution >= 0.6 is 0 Å². The molecule has 0 atom stereocenters. The van der Waals surface area contributed by atoms with E-state index in [9.17, 15) is 0 Å².